The number of amides is 1. The van der Waals surface area contributed by atoms with Crippen molar-refractivity contribution in [3.05, 3.63) is 0 Å². The van der Waals surface area contributed by atoms with Gasteiger partial charge in [-0.3, -0.25) is 9.79 Å². The molecule has 0 radical (unpaired) electrons. The monoisotopic (exact) mass is 113 g/mol. The molecule has 44 valence electrons. The second kappa shape index (κ2) is 2.90. The third-order valence-corrected chi connectivity index (χ3v) is 0.582. The number of rotatable bonds is 0. The van der Waals surface area contributed by atoms with Gasteiger partial charge in [-0.25, -0.2) is 4.99 Å². The van der Waals surface area contributed by atoms with Crippen LogP contribution in [0.15, 0.2) is 9.98 Å². The molecule has 0 aliphatic carbocycles. The van der Waals surface area contributed by atoms with Gasteiger partial charge >= 0.3 is 0 Å². The molecule has 0 bridgehead atoms. The van der Waals surface area contributed by atoms with E-state index >= 15 is 0 Å². The van der Waals surface area contributed by atoms with E-state index < -0.39 is 5.91 Å². The molecule has 0 rings (SSSR count). The van der Waals surface area contributed by atoms with E-state index in [0.717, 1.165) is 0 Å². The molecule has 0 aromatic carbocycles. The Bertz CT molecular complexity index is 138. The van der Waals surface area contributed by atoms with Crippen molar-refractivity contribution >= 4 is 18.5 Å². The summed E-state index contributed by atoms with van der Waals surface area (Å²) in [6.07, 6.45) is 0. The topological polar surface area (TPSA) is 67.8 Å². The Balaban J connectivity index is 4.13. The van der Waals surface area contributed by atoms with Crippen molar-refractivity contribution in [1.29, 1.82) is 0 Å². The van der Waals surface area contributed by atoms with Crippen LogP contribution in [0.4, 0.5) is 0 Å². The van der Waals surface area contributed by atoms with Crippen molar-refractivity contribution in [2.75, 3.05) is 7.05 Å². The lowest BCUT2D eigenvalue weighted by Crippen LogP contribution is -2.20. The molecule has 0 atom stereocenters. The summed E-state index contributed by atoms with van der Waals surface area (Å²) in [5.74, 6) is -0.687. The van der Waals surface area contributed by atoms with E-state index in [1.807, 2.05) is 0 Å². The normalized spacial score (nSPS) is 10.9. The second-order valence-corrected chi connectivity index (χ2v) is 1.07. The first-order chi connectivity index (χ1) is 3.72. The minimum absolute atomic E-state index is 0.0370. The van der Waals surface area contributed by atoms with E-state index in [9.17, 15) is 4.79 Å². The Hall–Kier alpha value is -1.19. The van der Waals surface area contributed by atoms with Gasteiger partial charge in [-0.1, -0.05) is 0 Å². The molecule has 4 nitrogen and oxygen atoms in total. The highest BCUT2D eigenvalue weighted by Gasteiger charge is 1.98. The smallest absolute Gasteiger partial charge is 0.286 e. The van der Waals surface area contributed by atoms with Crippen LogP contribution in [-0.4, -0.2) is 25.5 Å². The van der Waals surface area contributed by atoms with Crippen LogP contribution in [-0.2, 0) is 4.79 Å². The molecule has 0 saturated heterocycles. The third-order valence-electron chi connectivity index (χ3n) is 0.582. The fourth-order valence-electron chi connectivity index (χ4n) is 0.259. The van der Waals surface area contributed by atoms with E-state index in [1.165, 1.54) is 7.05 Å². The summed E-state index contributed by atoms with van der Waals surface area (Å²) in [4.78, 5) is 16.8. The van der Waals surface area contributed by atoms with Crippen LogP contribution in [0.5, 0.6) is 0 Å². The number of hydrogen-bond donors (Lipinski definition) is 1. The van der Waals surface area contributed by atoms with Crippen LogP contribution in [0.3, 0.4) is 0 Å². The van der Waals surface area contributed by atoms with Crippen molar-refractivity contribution in [2.45, 2.75) is 0 Å². The second-order valence-electron chi connectivity index (χ2n) is 1.07. The van der Waals surface area contributed by atoms with E-state index in [4.69, 9.17) is 5.73 Å². The molecule has 0 spiro atoms. The van der Waals surface area contributed by atoms with Gasteiger partial charge in [0.05, 0.1) is 0 Å². The number of hydrogen-bond acceptors (Lipinski definition) is 2. The fraction of sp³-hybridized carbons (Fsp3) is 0.250. The van der Waals surface area contributed by atoms with E-state index in [1.54, 1.807) is 0 Å². The zero-order chi connectivity index (χ0) is 6.57. The highest BCUT2D eigenvalue weighted by Crippen LogP contribution is 1.72. The van der Waals surface area contributed by atoms with Gasteiger partial charge in [-0.2, -0.15) is 0 Å². The lowest BCUT2D eigenvalue weighted by Gasteiger charge is -1.86. The molecule has 0 aliphatic heterocycles. The Morgan fingerprint density at radius 1 is 1.75 bits per heavy atom. The van der Waals surface area contributed by atoms with E-state index in [0.29, 0.717) is 0 Å². The van der Waals surface area contributed by atoms with Gasteiger partial charge < -0.3 is 5.73 Å². The Kier molecular flexibility index (Phi) is 2.47. The van der Waals surface area contributed by atoms with Gasteiger partial charge in [-0.15, -0.1) is 0 Å². The number of primary amides is 1. The van der Waals surface area contributed by atoms with E-state index in [2.05, 4.69) is 16.7 Å². The van der Waals surface area contributed by atoms with E-state index in [-0.39, 0.29) is 5.84 Å². The third kappa shape index (κ3) is 1.51. The molecule has 0 aromatic rings. The van der Waals surface area contributed by atoms with Gasteiger partial charge in [0.25, 0.3) is 5.91 Å². The summed E-state index contributed by atoms with van der Waals surface area (Å²) in [6.45, 7) is 3.07. The number of amidine groups is 1. The molecular formula is C4H7N3O. The van der Waals surface area contributed by atoms with Gasteiger partial charge in [0.1, 0.15) is 0 Å². The van der Waals surface area contributed by atoms with Crippen molar-refractivity contribution in [3.63, 3.8) is 0 Å². The van der Waals surface area contributed by atoms with Crippen molar-refractivity contribution in [2.24, 2.45) is 15.7 Å². The number of nitrogens with two attached hydrogens (primary N) is 1. The Morgan fingerprint density at radius 3 is 2.25 bits per heavy atom. The van der Waals surface area contributed by atoms with Crippen LogP contribution >= 0.6 is 0 Å². The first-order valence-electron chi connectivity index (χ1n) is 1.95. The van der Waals surface area contributed by atoms with Crippen molar-refractivity contribution in [1.82, 2.24) is 0 Å². The summed E-state index contributed by atoms with van der Waals surface area (Å²) >= 11 is 0. The maximum atomic E-state index is 10.1. The Morgan fingerprint density at radius 2 is 2.25 bits per heavy atom. The molecule has 2 N–H and O–H groups in total. The standard InChI is InChI=1S/C4H7N3O/c1-6-4(7-2)3(5)8/h1H2,2H3,(H2,5,8). The molecule has 0 aliphatic rings. The quantitative estimate of drug-likeness (QED) is 0.324. The molecule has 1 amide bonds. The van der Waals surface area contributed by atoms with Crippen LogP contribution < -0.4 is 5.73 Å². The fourth-order valence-corrected chi connectivity index (χ4v) is 0.259. The average molecular weight is 113 g/mol. The van der Waals surface area contributed by atoms with Crippen LogP contribution in [0, 0.1) is 0 Å². The Labute approximate surface area is 47.1 Å². The summed E-state index contributed by atoms with van der Waals surface area (Å²) in [5, 5.41) is 0. The summed E-state index contributed by atoms with van der Waals surface area (Å²) in [7, 11) is 1.43. The first-order valence-corrected chi connectivity index (χ1v) is 1.95. The van der Waals surface area contributed by atoms with Crippen LogP contribution in [0.25, 0.3) is 0 Å². The SMILES string of the molecule is C=NC(=NC)C(N)=O. The predicted octanol–water partition coefficient (Wildman–Crippen LogP) is -0.799. The predicted molar refractivity (Wildman–Crippen MR) is 32.1 cm³/mol. The van der Waals surface area contributed by atoms with Crippen LogP contribution in [0.1, 0.15) is 0 Å². The molecular weight excluding hydrogens is 106 g/mol. The van der Waals surface area contributed by atoms with Gasteiger partial charge in [-0.05, 0) is 6.72 Å². The summed E-state index contributed by atoms with van der Waals surface area (Å²) in [6, 6.07) is 0. The number of aliphatic imine (C=N–C) groups is 2. The molecule has 0 unspecified atom stereocenters. The van der Waals surface area contributed by atoms with Gasteiger partial charge in [0, 0.05) is 7.05 Å². The van der Waals surface area contributed by atoms with Gasteiger partial charge in [0.15, 0.2) is 0 Å². The number of nitrogens with zero attached hydrogens (tertiary/aromatic N) is 2. The number of carbonyl (C=O) groups excluding carboxylic acids is 1. The molecule has 0 fully saturated rings. The van der Waals surface area contributed by atoms with Crippen molar-refractivity contribution in [3.8, 4) is 0 Å². The minimum atomic E-state index is -0.650. The van der Waals surface area contributed by atoms with Crippen molar-refractivity contribution < 1.29 is 4.79 Å². The lowest BCUT2D eigenvalue weighted by molar-refractivity contribution is -0.112. The minimum Gasteiger partial charge on any atom is -0.363 e. The molecule has 0 aromatic heterocycles. The highest BCUT2D eigenvalue weighted by atomic mass is 16.1. The maximum Gasteiger partial charge on any atom is 0.286 e. The summed E-state index contributed by atoms with van der Waals surface area (Å²) in [5.41, 5.74) is 4.75. The average Bonchev–Trinajstić information content (AvgIpc) is 1.69. The number of carbonyl (C=O) groups is 1. The molecule has 0 saturated carbocycles. The molecule has 8 heavy (non-hydrogen) atoms. The zero-order valence-corrected chi connectivity index (χ0v) is 4.59. The first kappa shape index (κ1) is 6.81. The summed E-state index contributed by atoms with van der Waals surface area (Å²) < 4.78 is 0. The highest BCUT2D eigenvalue weighted by molar-refractivity contribution is 6.38. The molecule has 4 heteroatoms. The molecule has 0 heterocycles. The largest absolute Gasteiger partial charge is 0.363 e. The lowest BCUT2D eigenvalue weighted by atomic mass is 10.6. The zero-order valence-electron chi connectivity index (χ0n) is 4.59. The van der Waals surface area contributed by atoms with Crippen LogP contribution in [0.2, 0.25) is 0 Å². The maximum absolute atomic E-state index is 10.1. The van der Waals surface area contributed by atoms with Gasteiger partial charge in [0.2, 0.25) is 5.84 Å².